The van der Waals surface area contributed by atoms with Crippen LogP contribution in [0, 0.1) is 0 Å². The summed E-state index contributed by atoms with van der Waals surface area (Å²) in [4.78, 5) is 22.9. The van der Waals surface area contributed by atoms with E-state index in [1.54, 1.807) is 4.90 Å². The highest BCUT2D eigenvalue weighted by molar-refractivity contribution is 5.53. The van der Waals surface area contributed by atoms with Crippen molar-refractivity contribution < 1.29 is 9.59 Å². The molecule has 0 aliphatic rings. The second kappa shape index (κ2) is 10.7. The number of unbranched alkanes of at least 4 members (excludes halogenated alkanes) is 5. The van der Waals surface area contributed by atoms with Crippen molar-refractivity contribution in [3.05, 3.63) is 0 Å². The molecule has 0 rings (SSSR count). The lowest BCUT2D eigenvalue weighted by molar-refractivity contribution is -0.120. The molecule has 0 N–H and O–H groups in total. The Hall–Kier alpha value is -0.860. The third kappa shape index (κ3) is 7.43. The molecule has 0 aliphatic carbocycles. The van der Waals surface area contributed by atoms with Gasteiger partial charge in [-0.2, -0.15) is 0 Å². The van der Waals surface area contributed by atoms with Gasteiger partial charge in [-0.3, -0.25) is 4.79 Å². The molecule has 0 bridgehead atoms. The lowest BCUT2D eigenvalue weighted by Crippen LogP contribution is -2.32. The fourth-order valence-electron chi connectivity index (χ4n) is 1.73. The van der Waals surface area contributed by atoms with Gasteiger partial charge in [-0.15, -0.1) is 0 Å². The van der Waals surface area contributed by atoms with Crippen LogP contribution >= 0.6 is 0 Å². The fraction of sp³-hybridized carbons (Fsp3) is 0.846. The van der Waals surface area contributed by atoms with Crippen LogP contribution in [0.4, 0.5) is 0 Å². The van der Waals surface area contributed by atoms with Gasteiger partial charge >= 0.3 is 0 Å². The van der Waals surface area contributed by atoms with Gasteiger partial charge in [0.15, 0.2) is 0 Å². The number of carbonyl (C=O) groups excluding carboxylic acids is 2. The predicted molar refractivity (Wildman–Crippen MR) is 66.3 cm³/mol. The molecule has 16 heavy (non-hydrogen) atoms. The van der Waals surface area contributed by atoms with Crippen molar-refractivity contribution in [3.63, 3.8) is 0 Å². The normalized spacial score (nSPS) is 12.1. The summed E-state index contributed by atoms with van der Waals surface area (Å²) in [5.74, 6) is 0. The molecule has 3 nitrogen and oxygen atoms in total. The Morgan fingerprint density at radius 3 is 2.25 bits per heavy atom. The van der Waals surface area contributed by atoms with Crippen molar-refractivity contribution in [1.82, 2.24) is 4.90 Å². The molecular weight excluding hydrogens is 202 g/mol. The van der Waals surface area contributed by atoms with Gasteiger partial charge in [0.25, 0.3) is 0 Å². The summed E-state index contributed by atoms with van der Waals surface area (Å²) in [5.41, 5.74) is 0. The first-order valence-corrected chi connectivity index (χ1v) is 6.40. The largest absolute Gasteiger partial charge is 0.342 e. The highest BCUT2D eigenvalue weighted by Crippen LogP contribution is 2.07. The molecule has 0 fully saturated rings. The van der Waals surface area contributed by atoms with Crippen molar-refractivity contribution in [3.8, 4) is 0 Å². The maximum atomic E-state index is 10.8. The van der Waals surface area contributed by atoms with Gasteiger partial charge in [0.2, 0.25) is 6.41 Å². The molecule has 1 atom stereocenters. The van der Waals surface area contributed by atoms with Crippen LogP contribution in [0.1, 0.15) is 58.8 Å². The molecule has 94 valence electrons. The van der Waals surface area contributed by atoms with E-state index in [4.69, 9.17) is 0 Å². The van der Waals surface area contributed by atoms with E-state index in [0.717, 1.165) is 25.7 Å². The Labute approximate surface area is 99.2 Å². The molecular formula is C13H25NO2. The Bertz CT molecular complexity index is 183. The summed E-state index contributed by atoms with van der Waals surface area (Å²) < 4.78 is 0. The molecule has 0 saturated carbocycles. The first-order chi connectivity index (χ1) is 7.76. The first kappa shape index (κ1) is 15.1. The Morgan fingerprint density at radius 1 is 1.06 bits per heavy atom. The zero-order valence-corrected chi connectivity index (χ0v) is 10.7. The van der Waals surface area contributed by atoms with E-state index in [1.807, 2.05) is 6.92 Å². The topological polar surface area (TPSA) is 37.4 Å². The molecule has 0 aromatic rings. The van der Waals surface area contributed by atoms with Crippen LogP contribution in [0.3, 0.4) is 0 Å². The van der Waals surface area contributed by atoms with Crippen LogP contribution < -0.4 is 0 Å². The van der Waals surface area contributed by atoms with Crippen LogP contribution in [0.5, 0.6) is 0 Å². The number of amides is 1. The molecule has 1 unspecified atom stereocenters. The summed E-state index contributed by atoms with van der Waals surface area (Å²) in [6.07, 6.45) is 9.51. The Kier molecular flexibility index (Phi) is 10.1. The van der Waals surface area contributed by atoms with E-state index in [9.17, 15) is 9.59 Å². The van der Waals surface area contributed by atoms with Gasteiger partial charge in [-0.1, -0.05) is 39.0 Å². The number of hydrogen-bond acceptors (Lipinski definition) is 2. The van der Waals surface area contributed by atoms with Crippen LogP contribution in [0.2, 0.25) is 0 Å². The molecule has 1 amide bonds. The number of aldehydes is 1. The average molecular weight is 227 g/mol. The fourth-order valence-corrected chi connectivity index (χ4v) is 1.73. The van der Waals surface area contributed by atoms with E-state index >= 15 is 0 Å². The quantitative estimate of drug-likeness (QED) is 0.402. The molecule has 0 aromatic heterocycles. The second-order valence-corrected chi connectivity index (χ2v) is 4.36. The van der Waals surface area contributed by atoms with Crippen LogP contribution in [-0.2, 0) is 9.59 Å². The molecule has 0 saturated heterocycles. The van der Waals surface area contributed by atoms with Gasteiger partial charge in [0.1, 0.15) is 6.29 Å². The Morgan fingerprint density at radius 2 is 1.69 bits per heavy atom. The van der Waals surface area contributed by atoms with Crippen LogP contribution in [0.25, 0.3) is 0 Å². The van der Waals surface area contributed by atoms with Gasteiger partial charge in [-0.25, -0.2) is 0 Å². The van der Waals surface area contributed by atoms with Crippen molar-refractivity contribution >= 4 is 12.7 Å². The molecule has 3 heteroatoms. The summed E-state index contributed by atoms with van der Waals surface area (Å²) >= 11 is 0. The number of carbonyl (C=O) groups is 2. The van der Waals surface area contributed by atoms with Crippen molar-refractivity contribution in [1.29, 1.82) is 0 Å². The molecule has 0 heterocycles. The minimum atomic E-state index is 0.0469. The van der Waals surface area contributed by atoms with Gasteiger partial charge in [-0.05, 0) is 13.3 Å². The molecule has 0 aliphatic heterocycles. The SMILES string of the molecule is CCCCCCCCN(C=O)C(C)CC=O. The maximum absolute atomic E-state index is 10.8. The lowest BCUT2D eigenvalue weighted by Gasteiger charge is -2.23. The third-order valence-corrected chi connectivity index (χ3v) is 2.91. The minimum Gasteiger partial charge on any atom is -0.342 e. The molecule has 0 aromatic carbocycles. The first-order valence-electron chi connectivity index (χ1n) is 6.40. The summed E-state index contributed by atoms with van der Waals surface area (Å²) in [6, 6.07) is 0.0469. The predicted octanol–water partition coefficient (Wildman–Crippen LogP) is 2.78. The van der Waals surface area contributed by atoms with E-state index < -0.39 is 0 Å². The van der Waals surface area contributed by atoms with Crippen LogP contribution in [0.15, 0.2) is 0 Å². The van der Waals surface area contributed by atoms with E-state index in [-0.39, 0.29) is 6.04 Å². The molecule has 0 spiro atoms. The third-order valence-electron chi connectivity index (χ3n) is 2.91. The number of hydrogen-bond donors (Lipinski definition) is 0. The van der Waals surface area contributed by atoms with Crippen LogP contribution in [-0.4, -0.2) is 30.2 Å². The van der Waals surface area contributed by atoms with Gasteiger partial charge in [0, 0.05) is 19.0 Å². The van der Waals surface area contributed by atoms with Crippen molar-refractivity contribution in [2.24, 2.45) is 0 Å². The summed E-state index contributed by atoms with van der Waals surface area (Å²) in [7, 11) is 0. The van der Waals surface area contributed by atoms with E-state index in [2.05, 4.69) is 6.92 Å². The summed E-state index contributed by atoms with van der Waals surface area (Å²) in [5, 5.41) is 0. The maximum Gasteiger partial charge on any atom is 0.209 e. The van der Waals surface area contributed by atoms with Crippen molar-refractivity contribution in [2.45, 2.75) is 64.8 Å². The van der Waals surface area contributed by atoms with Gasteiger partial charge in [0.05, 0.1) is 0 Å². The zero-order chi connectivity index (χ0) is 12.2. The highest BCUT2D eigenvalue weighted by Gasteiger charge is 2.09. The zero-order valence-electron chi connectivity index (χ0n) is 10.7. The smallest absolute Gasteiger partial charge is 0.209 e. The Balaban J connectivity index is 3.54. The number of rotatable bonds is 11. The highest BCUT2D eigenvalue weighted by atomic mass is 16.1. The van der Waals surface area contributed by atoms with E-state index in [0.29, 0.717) is 6.42 Å². The minimum absolute atomic E-state index is 0.0469. The standard InChI is InChI=1S/C13H25NO2/c1-3-4-5-6-7-8-10-14(12-16)13(2)9-11-15/h11-13H,3-10H2,1-2H3. The number of nitrogens with zero attached hydrogens (tertiary/aromatic N) is 1. The van der Waals surface area contributed by atoms with E-state index in [1.165, 1.54) is 32.1 Å². The van der Waals surface area contributed by atoms with Crippen molar-refractivity contribution in [2.75, 3.05) is 6.54 Å². The second-order valence-electron chi connectivity index (χ2n) is 4.36. The molecule has 0 radical (unpaired) electrons. The monoisotopic (exact) mass is 227 g/mol. The summed E-state index contributed by atoms with van der Waals surface area (Å²) in [6.45, 7) is 4.90. The van der Waals surface area contributed by atoms with Gasteiger partial charge < -0.3 is 9.69 Å². The lowest BCUT2D eigenvalue weighted by atomic mass is 10.1. The average Bonchev–Trinajstić information content (AvgIpc) is 2.28.